The van der Waals surface area contributed by atoms with Gasteiger partial charge < -0.3 is 15.3 Å². The molecule has 2 aliphatic rings. The van der Waals surface area contributed by atoms with Crippen molar-refractivity contribution in [2.24, 2.45) is 0 Å². The van der Waals surface area contributed by atoms with Crippen LogP contribution in [0.2, 0.25) is 0 Å². The Kier molecular flexibility index (Phi) is 3.27. The molecule has 2 aliphatic heterocycles. The van der Waals surface area contributed by atoms with Crippen LogP contribution < -0.4 is 10.6 Å². The first-order valence-electron chi connectivity index (χ1n) is 6.68. The number of carbonyl (C=O) groups is 2. The first kappa shape index (κ1) is 12.9. The molecule has 0 bridgehead atoms. The van der Waals surface area contributed by atoms with Crippen molar-refractivity contribution >= 4 is 17.7 Å². The van der Waals surface area contributed by atoms with Crippen molar-refractivity contribution in [1.29, 1.82) is 0 Å². The summed E-state index contributed by atoms with van der Waals surface area (Å²) in [7, 11) is 0. The van der Waals surface area contributed by atoms with Crippen molar-refractivity contribution < 1.29 is 14.7 Å². The molecule has 106 valence electrons. The molecule has 1 unspecified atom stereocenters. The van der Waals surface area contributed by atoms with E-state index in [1.54, 1.807) is 0 Å². The first-order valence-corrected chi connectivity index (χ1v) is 6.68. The molecule has 0 saturated carbocycles. The predicted molar refractivity (Wildman–Crippen MR) is 71.1 cm³/mol. The molecule has 1 fully saturated rings. The second kappa shape index (κ2) is 5.09. The fourth-order valence-corrected chi connectivity index (χ4v) is 2.66. The van der Waals surface area contributed by atoms with E-state index in [0.29, 0.717) is 18.8 Å². The van der Waals surface area contributed by atoms with Crippen LogP contribution in [-0.4, -0.2) is 46.5 Å². The van der Waals surface area contributed by atoms with Crippen molar-refractivity contribution in [2.45, 2.75) is 19.0 Å². The summed E-state index contributed by atoms with van der Waals surface area (Å²) < 4.78 is 0. The van der Waals surface area contributed by atoms with E-state index in [0.717, 1.165) is 30.8 Å². The molecule has 0 aromatic carbocycles. The number of fused-ring (bicyclic) bond motifs is 1. The van der Waals surface area contributed by atoms with E-state index >= 15 is 0 Å². The number of amides is 1. The smallest absolute Gasteiger partial charge is 0.394 e. The lowest BCUT2D eigenvalue weighted by Crippen LogP contribution is -2.38. The summed E-state index contributed by atoms with van der Waals surface area (Å²) in [5.41, 5.74) is 1.83. The number of aryl methyl sites for hydroxylation is 1. The normalized spacial score (nSPS) is 21.2. The van der Waals surface area contributed by atoms with E-state index in [1.807, 2.05) is 12.1 Å². The van der Waals surface area contributed by atoms with Gasteiger partial charge in [-0.05, 0) is 24.5 Å². The Morgan fingerprint density at radius 2 is 2.20 bits per heavy atom. The van der Waals surface area contributed by atoms with Gasteiger partial charge in [0.1, 0.15) is 12.0 Å². The lowest BCUT2D eigenvalue weighted by Gasteiger charge is -2.24. The zero-order chi connectivity index (χ0) is 14.1. The molecular weight excluding hydrogens is 260 g/mol. The van der Waals surface area contributed by atoms with Crippen molar-refractivity contribution in [2.75, 3.05) is 25.0 Å². The van der Waals surface area contributed by atoms with Crippen LogP contribution in [0, 0.1) is 0 Å². The van der Waals surface area contributed by atoms with Gasteiger partial charge >= 0.3 is 11.9 Å². The number of hydrogen-bond acceptors (Lipinski definition) is 5. The molecule has 3 N–H and O–H groups in total. The van der Waals surface area contributed by atoms with Crippen LogP contribution in [-0.2, 0) is 16.0 Å². The largest absolute Gasteiger partial charge is 0.474 e. The van der Waals surface area contributed by atoms with Crippen LogP contribution >= 0.6 is 0 Å². The Balaban J connectivity index is 1.88. The fraction of sp³-hybridized carbons (Fsp3) is 0.462. The average molecular weight is 276 g/mol. The lowest BCUT2D eigenvalue weighted by molar-refractivity contribution is -0.156. The number of carboxylic acids is 1. The van der Waals surface area contributed by atoms with Gasteiger partial charge in [0.15, 0.2) is 0 Å². The third kappa shape index (κ3) is 2.20. The standard InChI is InChI=1S/C13H16N4O3/c18-12(13(19)20)17-7-6-15-11(17)9-4-3-8-2-1-5-14-10(8)16-9/h3-4,11,15H,1-2,5-7H2,(H,14,16)(H,19,20). The van der Waals surface area contributed by atoms with E-state index in [1.165, 1.54) is 4.90 Å². The Bertz CT molecular complexity index is 561. The minimum absolute atomic E-state index is 0.377. The molecule has 7 heteroatoms. The number of aromatic nitrogens is 1. The molecule has 3 heterocycles. The molecule has 1 aromatic rings. The van der Waals surface area contributed by atoms with Gasteiger partial charge in [-0.25, -0.2) is 9.78 Å². The van der Waals surface area contributed by atoms with Crippen LogP contribution in [0.1, 0.15) is 23.8 Å². The molecule has 1 aromatic heterocycles. The van der Waals surface area contributed by atoms with E-state index < -0.39 is 18.0 Å². The van der Waals surface area contributed by atoms with Crippen LogP contribution in [0.3, 0.4) is 0 Å². The van der Waals surface area contributed by atoms with E-state index in [-0.39, 0.29) is 0 Å². The van der Waals surface area contributed by atoms with Gasteiger partial charge in [-0.2, -0.15) is 0 Å². The van der Waals surface area contributed by atoms with E-state index in [2.05, 4.69) is 15.6 Å². The quantitative estimate of drug-likeness (QED) is 0.623. The fourth-order valence-electron chi connectivity index (χ4n) is 2.66. The number of nitrogens with zero attached hydrogens (tertiary/aromatic N) is 2. The number of carboxylic acid groups (broad SMARTS) is 1. The highest BCUT2D eigenvalue weighted by Gasteiger charge is 2.34. The first-order chi connectivity index (χ1) is 9.66. The SMILES string of the molecule is O=C(O)C(=O)N1CCNC1c1ccc2c(n1)NCCC2. The Hall–Kier alpha value is -2.15. The second-order valence-corrected chi connectivity index (χ2v) is 4.93. The minimum Gasteiger partial charge on any atom is -0.474 e. The zero-order valence-corrected chi connectivity index (χ0v) is 10.9. The van der Waals surface area contributed by atoms with Gasteiger partial charge in [0.25, 0.3) is 0 Å². The highest BCUT2D eigenvalue weighted by molar-refractivity contribution is 6.31. The summed E-state index contributed by atoms with van der Waals surface area (Å²) in [6, 6.07) is 3.85. The van der Waals surface area contributed by atoms with E-state index in [4.69, 9.17) is 5.11 Å². The van der Waals surface area contributed by atoms with Crippen LogP contribution in [0.5, 0.6) is 0 Å². The van der Waals surface area contributed by atoms with E-state index in [9.17, 15) is 9.59 Å². The average Bonchev–Trinajstić information content (AvgIpc) is 2.95. The molecule has 20 heavy (non-hydrogen) atoms. The number of carbonyl (C=O) groups excluding carboxylic acids is 1. The number of rotatable bonds is 1. The Labute approximate surface area is 116 Å². The molecule has 1 amide bonds. The minimum atomic E-state index is -1.44. The number of pyridine rings is 1. The number of anilines is 1. The van der Waals surface area contributed by atoms with Gasteiger partial charge in [-0.15, -0.1) is 0 Å². The molecule has 1 saturated heterocycles. The zero-order valence-electron chi connectivity index (χ0n) is 10.9. The molecule has 1 atom stereocenters. The van der Waals surface area contributed by atoms with Crippen LogP contribution in [0.25, 0.3) is 0 Å². The summed E-state index contributed by atoms with van der Waals surface area (Å²) in [6.07, 6.45) is 1.61. The van der Waals surface area contributed by atoms with Crippen LogP contribution in [0.4, 0.5) is 5.82 Å². The maximum atomic E-state index is 11.7. The third-order valence-corrected chi connectivity index (χ3v) is 3.64. The summed E-state index contributed by atoms with van der Waals surface area (Å²) in [6.45, 7) is 1.83. The Morgan fingerprint density at radius 1 is 1.35 bits per heavy atom. The van der Waals surface area contributed by atoms with Crippen molar-refractivity contribution in [3.05, 3.63) is 23.4 Å². The summed E-state index contributed by atoms with van der Waals surface area (Å²) in [5, 5.41) is 15.2. The molecule has 0 aliphatic carbocycles. The predicted octanol–water partition coefficient (Wildman–Crippen LogP) is -0.0453. The third-order valence-electron chi connectivity index (χ3n) is 3.64. The highest BCUT2D eigenvalue weighted by Crippen LogP contribution is 2.25. The number of nitrogens with one attached hydrogen (secondary N) is 2. The molecule has 7 nitrogen and oxygen atoms in total. The second-order valence-electron chi connectivity index (χ2n) is 4.93. The topological polar surface area (TPSA) is 94.6 Å². The maximum absolute atomic E-state index is 11.7. The molecule has 0 spiro atoms. The molecule has 0 radical (unpaired) electrons. The van der Waals surface area contributed by atoms with Crippen molar-refractivity contribution in [3.8, 4) is 0 Å². The summed E-state index contributed by atoms with van der Waals surface area (Å²) in [4.78, 5) is 28.3. The molecule has 3 rings (SSSR count). The van der Waals surface area contributed by atoms with Gasteiger partial charge in [0.05, 0.1) is 5.69 Å². The van der Waals surface area contributed by atoms with Crippen molar-refractivity contribution in [3.63, 3.8) is 0 Å². The summed E-state index contributed by atoms with van der Waals surface area (Å²) in [5.74, 6) is -1.49. The lowest BCUT2D eigenvalue weighted by atomic mass is 10.1. The summed E-state index contributed by atoms with van der Waals surface area (Å²) >= 11 is 0. The van der Waals surface area contributed by atoms with Gasteiger partial charge in [-0.1, -0.05) is 6.07 Å². The number of hydrogen-bond donors (Lipinski definition) is 3. The monoisotopic (exact) mass is 276 g/mol. The van der Waals surface area contributed by atoms with Crippen LogP contribution in [0.15, 0.2) is 12.1 Å². The molecular formula is C13H16N4O3. The van der Waals surface area contributed by atoms with Gasteiger partial charge in [-0.3, -0.25) is 10.1 Å². The highest BCUT2D eigenvalue weighted by atomic mass is 16.4. The number of aliphatic carboxylic acids is 1. The Morgan fingerprint density at radius 3 is 3.00 bits per heavy atom. The van der Waals surface area contributed by atoms with Gasteiger partial charge in [0, 0.05) is 19.6 Å². The van der Waals surface area contributed by atoms with Gasteiger partial charge in [0.2, 0.25) is 0 Å². The van der Waals surface area contributed by atoms with Crippen molar-refractivity contribution in [1.82, 2.24) is 15.2 Å². The maximum Gasteiger partial charge on any atom is 0.394 e.